The Morgan fingerprint density at radius 3 is 2.80 bits per heavy atom. The van der Waals surface area contributed by atoms with E-state index in [-0.39, 0.29) is 12.5 Å². The predicted molar refractivity (Wildman–Crippen MR) is 101 cm³/mol. The molecule has 0 amide bonds. The number of ether oxygens (including phenoxy) is 2. The molecule has 25 heavy (non-hydrogen) atoms. The lowest BCUT2D eigenvalue weighted by atomic mass is 9.73. The number of rotatable bonds is 3. The van der Waals surface area contributed by atoms with Gasteiger partial charge < -0.3 is 14.6 Å². The maximum Gasteiger partial charge on any atom is 0.315 e. The molecule has 3 heterocycles. The molecule has 4 rings (SSSR count). The van der Waals surface area contributed by atoms with Crippen molar-refractivity contribution in [1.29, 1.82) is 0 Å². The molecule has 0 unspecified atom stereocenters. The standard InChI is InChI=1S/C18H23NO4S2/c1-22-13-2-3-14-15-7-19(12-8-24-4-5-25-9-12)10-18(15,17(20)21)11-23-16(14)6-13/h2-3,6,12,15H,4-5,7-11H2,1H3,(H,20,21)/t15-,18-/m1/s1. The third-order valence-corrected chi connectivity index (χ3v) is 8.07. The quantitative estimate of drug-likeness (QED) is 0.863. The van der Waals surface area contributed by atoms with Gasteiger partial charge in [-0.1, -0.05) is 6.07 Å². The van der Waals surface area contributed by atoms with Crippen molar-refractivity contribution in [2.75, 3.05) is 49.8 Å². The molecule has 0 aromatic heterocycles. The van der Waals surface area contributed by atoms with Gasteiger partial charge in [-0.25, -0.2) is 0 Å². The lowest BCUT2D eigenvalue weighted by molar-refractivity contribution is -0.151. The summed E-state index contributed by atoms with van der Waals surface area (Å²) in [6.07, 6.45) is 0. The second kappa shape index (κ2) is 6.93. The first-order valence-electron chi connectivity index (χ1n) is 8.58. The third-order valence-electron chi connectivity index (χ3n) is 5.59. The number of methoxy groups -OCH3 is 1. The van der Waals surface area contributed by atoms with Crippen LogP contribution in [-0.4, -0.2) is 71.8 Å². The van der Waals surface area contributed by atoms with Crippen LogP contribution < -0.4 is 9.47 Å². The molecule has 0 saturated carbocycles. The van der Waals surface area contributed by atoms with Gasteiger partial charge in [0.15, 0.2) is 0 Å². The van der Waals surface area contributed by atoms with Gasteiger partial charge >= 0.3 is 5.97 Å². The van der Waals surface area contributed by atoms with Crippen molar-refractivity contribution in [2.45, 2.75) is 12.0 Å². The van der Waals surface area contributed by atoms with Crippen LogP contribution in [0.5, 0.6) is 11.5 Å². The predicted octanol–water partition coefficient (Wildman–Crippen LogP) is 2.41. The van der Waals surface area contributed by atoms with Gasteiger partial charge in [-0.3, -0.25) is 9.69 Å². The summed E-state index contributed by atoms with van der Waals surface area (Å²) in [7, 11) is 1.63. The highest BCUT2D eigenvalue weighted by Crippen LogP contribution is 2.51. The Labute approximate surface area is 156 Å². The monoisotopic (exact) mass is 381 g/mol. The largest absolute Gasteiger partial charge is 0.497 e. The van der Waals surface area contributed by atoms with Crippen LogP contribution in [0.4, 0.5) is 0 Å². The Kier molecular flexibility index (Phi) is 4.81. The minimum Gasteiger partial charge on any atom is -0.497 e. The molecule has 1 aromatic carbocycles. The number of carboxylic acids is 1. The van der Waals surface area contributed by atoms with Crippen LogP contribution in [0.25, 0.3) is 0 Å². The number of carboxylic acid groups (broad SMARTS) is 1. The number of aliphatic carboxylic acids is 1. The van der Waals surface area contributed by atoms with Crippen molar-refractivity contribution < 1.29 is 19.4 Å². The highest BCUT2D eigenvalue weighted by molar-refractivity contribution is 8.03. The third kappa shape index (κ3) is 3.00. The molecule has 3 aliphatic heterocycles. The normalized spacial score (nSPS) is 30.0. The Hall–Kier alpha value is -1.05. The average molecular weight is 382 g/mol. The number of carbonyl (C=O) groups is 1. The van der Waals surface area contributed by atoms with Crippen molar-refractivity contribution in [3.8, 4) is 11.5 Å². The highest BCUT2D eigenvalue weighted by atomic mass is 32.2. The summed E-state index contributed by atoms with van der Waals surface area (Å²) in [4.78, 5) is 14.6. The zero-order valence-corrected chi connectivity index (χ0v) is 15.9. The van der Waals surface area contributed by atoms with Crippen molar-refractivity contribution in [3.05, 3.63) is 23.8 Å². The van der Waals surface area contributed by atoms with E-state index >= 15 is 0 Å². The maximum atomic E-state index is 12.2. The maximum absolute atomic E-state index is 12.2. The van der Waals surface area contributed by atoms with Gasteiger partial charge in [0.2, 0.25) is 0 Å². The Balaban J connectivity index is 1.66. The van der Waals surface area contributed by atoms with Crippen LogP contribution in [-0.2, 0) is 4.79 Å². The SMILES string of the molecule is COc1ccc2c(c1)OC[C@]1(C(=O)O)CN(C3CSCCSC3)C[C@H]21. The van der Waals surface area contributed by atoms with E-state index in [2.05, 4.69) is 4.90 Å². The topological polar surface area (TPSA) is 59.0 Å². The number of fused-ring (bicyclic) bond motifs is 3. The van der Waals surface area contributed by atoms with Crippen molar-refractivity contribution in [1.82, 2.24) is 4.90 Å². The van der Waals surface area contributed by atoms with Crippen LogP contribution in [0.1, 0.15) is 11.5 Å². The minimum absolute atomic E-state index is 0.0297. The van der Waals surface area contributed by atoms with Crippen molar-refractivity contribution in [2.24, 2.45) is 5.41 Å². The van der Waals surface area contributed by atoms with Gasteiger partial charge in [-0.15, -0.1) is 0 Å². The van der Waals surface area contributed by atoms with Gasteiger partial charge in [0.05, 0.1) is 7.11 Å². The summed E-state index contributed by atoms with van der Waals surface area (Å²) in [6, 6.07) is 6.21. The number of nitrogens with zero attached hydrogens (tertiary/aromatic N) is 1. The molecular formula is C18H23NO4S2. The first kappa shape index (κ1) is 17.4. The smallest absolute Gasteiger partial charge is 0.315 e. The molecule has 0 spiro atoms. The summed E-state index contributed by atoms with van der Waals surface area (Å²) in [5.41, 5.74) is 0.161. The van der Waals surface area contributed by atoms with E-state index in [1.165, 1.54) is 11.5 Å². The van der Waals surface area contributed by atoms with E-state index in [0.717, 1.165) is 35.1 Å². The van der Waals surface area contributed by atoms with Crippen molar-refractivity contribution in [3.63, 3.8) is 0 Å². The van der Waals surface area contributed by atoms with E-state index < -0.39 is 11.4 Å². The molecular weight excluding hydrogens is 358 g/mol. The van der Waals surface area contributed by atoms with Gasteiger partial charge in [-0.2, -0.15) is 23.5 Å². The lowest BCUT2D eigenvalue weighted by Crippen LogP contribution is -2.46. The molecule has 0 bridgehead atoms. The molecule has 136 valence electrons. The Morgan fingerprint density at radius 2 is 2.12 bits per heavy atom. The molecule has 7 heteroatoms. The summed E-state index contributed by atoms with van der Waals surface area (Å²) < 4.78 is 11.2. The molecule has 2 atom stereocenters. The molecule has 3 aliphatic rings. The van der Waals surface area contributed by atoms with Gasteiger partial charge in [-0.05, 0) is 6.07 Å². The molecule has 5 nitrogen and oxygen atoms in total. The number of hydrogen-bond donors (Lipinski definition) is 1. The van der Waals surface area contributed by atoms with Gasteiger partial charge in [0.1, 0.15) is 23.5 Å². The molecule has 2 saturated heterocycles. The fraction of sp³-hybridized carbons (Fsp3) is 0.611. The van der Waals surface area contributed by atoms with Crippen LogP contribution in [0.2, 0.25) is 0 Å². The first-order valence-corrected chi connectivity index (χ1v) is 10.9. The first-order chi connectivity index (χ1) is 12.1. The van der Waals surface area contributed by atoms with Crippen LogP contribution >= 0.6 is 23.5 Å². The Bertz CT molecular complexity index is 662. The van der Waals surface area contributed by atoms with Crippen LogP contribution in [0.3, 0.4) is 0 Å². The lowest BCUT2D eigenvalue weighted by Gasteiger charge is -2.36. The van der Waals surface area contributed by atoms with Gasteiger partial charge in [0.25, 0.3) is 0 Å². The van der Waals surface area contributed by atoms with E-state index in [1.54, 1.807) is 7.11 Å². The van der Waals surface area contributed by atoms with E-state index in [4.69, 9.17) is 9.47 Å². The second-order valence-corrected chi connectivity index (χ2v) is 9.24. The number of hydrogen-bond acceptors (Lipinski definition) is 6. The highest BCUT2D eigenvalue weighted by Gasteiger charge is 2.57. The molecule has 0 aliphatic carbocycles. The number of benzene rings is 1. The molecule has 2 fully saturated rings. The summed E-state index contributed by atoms with van der Waals surface area (Å²) in [6.45, 7) is 1.60. The summed E-state index contributed by atoms with van der Waals surface area (Å²) in [5.74, 6) is 5.30. The second-order valence-electron chi connectivity index (χ2n) is 6.94. The minimum atomic E-state index is -0.844. The number of thioether (sulfide) groups is 2. The van der Waals surface area contributed by atoms with Crippen LogP contribution in [0.15, 0.2) is 18.2 Å². The molecule has 0 radical (unpaired) electrons. The molecule has 1 aromatic rings. The summed E-state index contributed by atoms with van der Waals surface area (Å²) >= 11 is 3.97. The fourth-order valence-corrected chi connectivity index (χ4v) is 6.75. The Morgan fingerprint density at radius 1 is 1.36 bits per heavy atom. The fourth-order valence-electron chi connectivity index (χ4n) is 4.12. The summed E-state index contributed by atoms with van der Waals surface area (Å²) in [5, 5.41) is 10.1. The molecule has 1 N–H and O–H groups in total. The average Bonchev–Trinajstić information content (AvgIpc) is 2.83. The zero-order chi connectivity index (χ0) is 17.4. The van der Waals surface area contributed by atoms with E-state index in [0.29, 0.717) is 12.6 Å². The number of likely N-dealkylation sites (tertiary alicyclic amines) is 1. The van der Waals surface area contributed by atoms with Crippen LogP contribution in [0, 0.1) is 5.41 Å². The zero-order valence-electron chi connectivity index (χ0n) is 14.3. The van der Waals surface area contributed by atoms with Gasteiger partial charge in [0, 0.05) is 59.7 Å². The van der Waals surface area contributed by atoms with Crippen molar-refractivity contribution >= 4 is 29.5 Å². The van der Waals surface area contributed by atoms with E-state index in [9.17, 15) is 9.90 Å². The van der Waals surface area contributed by atoms with E-state index in [1.807, 2.05) is 41.7 Å².